The van der Waals surface area contributed by atoms with E-state index in [0.29, 0.717) is 17.9 Å². The molecular weight excluding hydrogens is 222 g/mol. The van der Waals surface area contributed by atoms with Crippen LogP contribution in [0.25, 0.3) is 0 Å². The van der Waals surface area contributed by atoms with Gasteiger partial charge < -0.3 is 10.1 Å². The number of hydrogen-bond acceptors (Lipinski definition) is 2. The lowest BCUT2D eigenvalue weighted by atomic mass is 9.88. The molecule has 18 heavy (non-hydrogen) atoms. The van der Waals surface area contributed by atoms with Gasteiger partial charge in [0.05, 0.1) is 11.7 Å². The van der Waals surface area contributed by atoms with Crippen molar-refractivity contribution in [2.24, 2.45) is 11.8 Å². The highest BCUT2D eigenvalue weighted by Crippen LogP contribution is 2.33. The second-order valence-corrected chi connectivity index (χ2v) is 7.91. The number of nitrogens with one attached hydrogen (secondary N) is 1. The second kappa shape index (κ2) is 5.92. The predicted octanol–water partition coefficient (Wildman–Crippen LogP) is 3.99. The van der Waals surface area contributed by atoms with Gasteiger partial charge in [-0.2, -0.15) is 0 Å². The Morgan fingerprint density at radius 2 is 1.89 bits per heavy atom. The van der Waals surface area contributed by atoms with Crippen molar-refractivity contribution >= 4 is 0 Å². The van der Waals surface area contributed by atoms with Crippen molar-refractivity contribution in [2.75, 3.05) is 6.54 Å². The topological polar surface area (TPSA) is 21.3 Å². The molecule has 0 spiro atoms. The molecule has 0 aromatic heterocycles. The van der Waals surface area contributed by atoms with E-state index in [-0.39, 0.29) is 11.1 Å². The van der Waals surface area contributed by atoms with Crippen LogP contribution in [0.4, 0.5) is 0 Å². The van der Waals surface area contributed by atoms with Crippen molar-refractivity contribution in [3.8, 4) is 0 Å². The number of hydrogen-bond donors (Lipinski definition) is 1. The molecule has 108 valence electrons. The largest absolute Gasteiger partial charge is 0.372 e. The summed E-state index contributed by atoms with van der Waals surface area (Å²) in [5, 5.41) is 3.64. The molecule has 0 aliphatic carbocycles. The summed E-state index contributed by atoms with van der Waals surface area (Å²) in [5.41, 5.74) is 0.312. The Labute approximate surface area is 114 Å². The number of rotatable bonds is 5. The van der Waals surface area contributed by atoms with E-state index in [0.717, 1.165) is 6.54 Å². The van der Waals surface area contributed by atoms with Crippen molar-refractivity contribution in [3.63, 3.8) is 0 Å². The normalized spacial score (nSPS) is 25.7. The molecule has 2 nitrogen and oxygen atoms in total. The molecule has 1 rings (SSSR count). The Morgan fingerprint density at radius 1 is 1.28 bits per heavy atom. The third-order valence-electron chi connectivity index (χ3n) is 3.96. The second-order valence-electron chi connectivity index (χ2n) is 7.91. The van der Waals surface area contributed by atoms with Gasteiger partial charge in [0, 0.05) is 5.54 Å². The van der Waals surface area contributed by atoms with E-state index >= 15 is 0 Å². The van der Waals surface area contributed by atoms with Crippen molar-refractivity contribution in [1.82, 2.24) is 5.32 Å². The molecule has 2 unspecified atom stereocenters. The highest BCUT2D eigenvalue weighted by molar-refractivity contribution is 4.84. The van der Waals surface area contributed by atoms with Crippen LogP contribution in [0.1, 0.15) is 67.7 Å². The van der Waals surface area contributed by atoms with Crippen LogP contribution < -0.4 is 5.32 Å². The zero-order chi connectivity index (χ0) is 14.0. The molecule has 1 fully saturated rings. The summed E-state index contributed by atoms with van der Waals surface area (Å²) in [6, 6.07) is 0. The van der Waals surface area contributed by atoms with Gasteiger partial charge in [-0.05, 0) is 72.3 Å². The fourth-order valence-corrected chi connectivity index (χ4v) is 2.61. The Kier molecular flexibility index (Phi) is 5.25. The van der Waals surface area contributed by atoms with E-state index in [4.69, 9.17) is 4.74 Å². The quantitative estimate of drug-likeness (QED) is 0.802. The highest BCUT2D eigenvalue weighted by atomic mass is 16.5. The van der Waals surface area contributed by atoms with Gasteiger partial charge in [0.2, 0.25) is 0 Å². The van der Waals surface area contributed by atoms with Crippen LogP contribution in [0, 0.1) is 11.8 Å². The minimum absolute atomic E-state index is 0.101. The van der Waals surface area contributed by atoms with E-state index in [1.54, 1.807) is 0 Å². The summed E-state index contributed by atoms with van der Waals surface area (Å²) < 4.78 is 6.13. The molecule has 0 aromatic rings. The summed E-state index contributed by atoms with van der Waals surface area (Å²) in [7, 11) is 0. The number of ether oxygens (including phenoxy) is 1. The Morgan fingerprint density at radius 3 is 2.28 bits per heavy atom. The smallest absolute Gasteiger partial charge is 0.0631 e. The van der Waals surface area contributed by atoms with E-state index in [1.807, 2.05) is 0 Å². The van der Waals surface area contributed by atoms with Crippen LogP contribution >= 0.6 is 0 Å². The van der Waals surface area contributed by atoms with E-state index in [1.165, 1.54) is 19.3 Å². The Hall–Kier alpha value is -0.0800. The average molecular weight is 255 g/mol. The third kappa shape index (κ3) is 5.71. The first-order valence-corrected chi connectivity index (χ1v) is 7.52. The molecular formula is C16H33NO. The maximum Gasteiger partial charge on any atom is 0.0631 e. The van der Waals surface area contributed by atoms with Crippen LogP contribution in [-0.4, -0.2) is 23.8 Å². The molecule has 1 N–H and O–H groups in total. The fraction of sp³-hybridized carbons (Fsp3) is 1.00. The summed E-state index contributed by atoms with van der Waals surface area (Å²) in [6.07, 6.45) is 4.10. The van der Waals surface area contributed by atoms with Crippen LogP contribution in [0.2, 0.25) is 0 Å². The monoisotopic (exact) mass is 255 g/mol. The Balaban J connectivity index is 2.44. The predicted molar refractivity (Wildman–Crippen MR) is 78.9 cm³/mol. The summed E-state index contributed by atoms with van der Waals surface area (Å²) in [6.45, 7) is 16.9. The van der Waals surface area contributed by atoms with Crippen LogP contribution in [0.3, 0.4) is 0 Å². The molecule has 2 atom stereocenters. The van der Waals surface area contributed by atoms with Gasteiger partial charge in [-0.15, -0.1) is 0 Å². The summed E-state index contributed by atoms with van der Waals surface area (Å²) in [4.78, 5) is 0. The van der Waals surface area contributed by atoms with Gasteiger partial charge in [0.25, 0.3) is 0 Å². The first-order valence-electron chi connectivity index (χ1n) is 7.52. The molecule has 1 saturated heterocycles. The Bertz CT molecular complexity index is 252. The molecule has 1 aliphatic rings. The van der Waals surface area contributed by atoms with Crippen LogP contribution in [0.5, 0.6) is 0 Å². The summed E-state index contributed by atoms with van der Waals surface area (Å²) in [5.74, 6) is 1.43. The lowest BCUT2D eigenvalue weighted by Gasteiger charge is -2.29. The minimum atomic E-state index is 0.101. The zero-order valence-corrected chi connectivity index (χ0v) is 13.5. The standard InChI is InChI=1S/C16H33NO/c1-12(2)13(11-17-15(3,4)5)10-14-8-9-16(6,7)18-14/h12-14,17H,8-11H2,1-7H3. The lowest BCUT2D eigenvalue weighted by Crippen LogP contribution is -2.41. The van der Waals surface area contributed by atoms with Gasteiger partial charge in [-0.25, -0.2) is 0 Å². The average Bonchev–Trinajstić information content (AvgIpc) is 2.50. The van der Waals surface area contributed by atoms with Gasteiger partial charge in [-0.3, -0.25) is 0 Å². The van der Waals surface area contributed by atoms with E-state index in [2.05, 4.69) is 53.8 Å². The van der Waals surface area contributed by atoms with Crippen molar-refractivity contribution in [3.05, 3.63) is 0 Å². The van der Waals surface area contributed by atoms with Crippen molar-refractivity contribution in [1.29, 1.82) is 0 Å². The molecule has 1 aliphatic heterocycles. The maximum atomic E-state index is 6.13. The first kappa shape index (κ1) is 16.0. The van der Waals surface area contributed by atoms with Gasteiger partial charge in [0.15, 0.2) is 0 Å². The first-order chi connectivity index (χ1) is 8.09. The van der Waals surface area contributed by atoms with Gasteiger partial charge in [-0.1, -0.05) is 13.8 Å². The van der Waals surface area contributed by atoms with Crippen LogP contribution in [0.15, 0.2) is 0 Å². The van der Waals surface area contributed by atoms with E-state index in [9.17, 15) is 0 Å². The zero-order valence-electron chi connectivity index (χ0n) is 13.5. The van der Waals surface area contributed by atoms with Crippen molar-refractivity contribution in [2.45, 2.75) is 85.0 Å². The SMILES string of the molecule is CC(C)C(CNC(C)(C)C)CC1CCC(C)(C)O1. The summed E-state index contributed by atoms with van der Waals surface area (Å²) >= 11 is 0. The molecule has 2 heteroatoms. The van der Waals surface area contributed by atoms with Gasteiger partial charge in [0.1, 0.15) is 0 Å². The third-order valence-corrected chi connectivity index (χ3v) is 3.96. The molecule has 0 amide bonds. The van der Waals surface area contributed by atoms with E-state index < -0.39 is 0 Å². The van der Waals surface area contributed by atoms with Gasteiger partial charge >= 0.3 is 0 Å². The van der Waals surface area contributed by atoms with Crippen LogP contribution in [-0.2, 0) is 4.74 Å². The molecule has 1 heterocycles. The fourth-order valence-electron chi connectivity index (χ4n) is 2.61. The lowest BCUT2D eigenvalue weighted by molar-refractivity contribution is -0.0274. The molecule has 0 bridgehead atoms. The molecule has 0 radical (unpaired) electrons. The van der Waals surface area contributed by atoms with Crippen molar-refractivity contribution < 1.29 is 4.74 Å². The highest BCUT2D eigenvalue weighted by Gasteiger charge is 2.33. The molecule has 0 aromatic carbocycles. The maximum absolute atomic E-state index is 6.13. The molecule has 0 saturated carbocycles. The minimum Gasteiger partial charge on any atom is -0.372 e.